The molecule has 0 amide bonds. The Hall–Kier alpha value is -2.75. The first kappa shape index (κ1) is 13.2. The van der Waals surface area contributed by atoms with E-state index < -0.39 is 0 Å². The number of hydrogen-bond donors (Lipinski definition) is 1. The van der Waals surface area contributed by atoms with Gasteiger partial charge in [0.15, 0.2) is 0 Å². The van der Waals surface area contributed by atoms with Crippen molar-refractivity contribution in [1.82, 2.24) is 4.98 Å². The molecule has 3 aromatic rings. The molecule has 0 saturated heterocycles. The molecule has 2 N–H and O–H groups in total. The van der Waals surface area contributed by atoms with Crippen LogP contribution in [0.1, 0.15) is 0 Å². The van der Waals surface area contributed by atoms with Gasteiger partial charge in [-0.05, 0) is 36.4 Å². The minimum atomic E-state index is 0.719. The predicted octanol–water partition coefficient (Wildman–Crippen LogP) is 3.59. The lowest BCUT2D eigenvalue weighted by molar-refractivity contribution is 0.415. The number of nitrogens with zero attached hydrogens (tertiary/aromatic N) is 2. The molecular weight excluding hydrogens is 262 g/mol. The van der Waals surface area contributed by atoms with E-state index in [1.165, 1.54) is 0 Å². The Labute approximate surface area is 123 Å². The Morgan fingerprint density at radius 2 is 1.95 bits per heavy atom. The summed E-state index contributed by atoms with van der Waals surface area (Å²) in [6.45, 7) is 0. The van der Waals surface area contributed by atoms with Crippen molar-refractivity contribution in [2.24, 2.45) is 0 Å². The Morgan fingerprint density at radius 1 is 1.10 bits per heavy atom. The average Bonchev–Trinajstić information content (AvgIpc) is 2.53. The minimum Gasteiger partial charge on any atom is -0.497 e. The van der Waals surface area contributed by atoms with Crippen LogP contribution in [-0.4, -0.2) is 19.1 Å². The molecule has 0 spiro atoms. The van der Waals surface area contributed by atoms with E-state index in [9.17, 15) is 0 Å². The fourth-order valence-corrected chi connectivity index (χ4v) is 2.40. The van der Waals surface area contributed by atoms with Crippen LogP contribution < -0.4 is 15.4 Å². The van der Waals surface area contributed by atoms with Gasteiger partial charge in [-0.3, -0.25) is 4.98 Å². The zero-order valence-electron chi connectivity index (χ0n) is 12.1. The summed E-state index contributed by atoms with van der Waals surface area (Å²) in [5.74, 6) is 0.835. The number of pyridine rings is 1. The summed E-state index contributed by atoms with van der Waals surface area (Å²) in [6.07, 6.45) is 1.80. The molecule has 4 heteroatoms. The number of ether oxygens (including phenoxy) is 1. The normalized spacial score (nSPS) is 10.6. The maximum atomic E-state index is 5.83. The molecule has 0 aliphatic carbocycles. The second kappa shape index (κ2) is 5.32. The quantitative estimate of drug-likeness (QED) is 0.744. The van der Waals surface area contributed by atoms with Gasteiger partial charge < -0.3 is 15.4 Å². The van der Waals surface area contributed by atoms with Crippen molar-refractivity contribution in [3.63, 3.8) is 0 Å². The molecule has 106 valence electrons. The third kappa shape index (κ3) is 2.48. The Kier molecular flexibility index (Phi) is 3.36. The van der Waals surface area contributed by atoms with E-state index in [0.29, 0.717) is 0 Å². The van der Waals surface area contributed by atoms with Gasteiger partial charge in [0, 0.05) is 36.1 Å². The zero-order chi connectivity index (χ0) is 14.8. The zero-order valence-corrected chi connectivity index (χ0v) is 12.1. The van der Waals surface area contributed by atoms with Crippen molar-refractivity contribution >= 4 is 28.0 Å². The largest absolute Gasteiger partial charge is 0.497 e. The number of methoxy groups -OCH3 is 1. The Morgan fingerprint density at radius 3 is 2.76 bits per heavy atom. The van der Waals surface area contributed by atoms with E-state index >= 15 is 0 Å². The van der Waals surface area contributed by atoms with Crippen LogP contribution in [0.15, 0.2) is 54.7 Å². The summed E-state index contributed by atoms with van der Waals surface area (Å²) in [7, 11) is 3.70. The van der Waals surface area contributed by atoms with Gasteiger partial charge >= 0.3 is 0 Å². The number of anilines is 3. The molecule has 0 radical (unpaired) electrons. The van der Waals surface area contributed by atoms with Crippen molar-refractivity contribution in [2.75, 3.05) is 24.8 Å². The Balaban J connectivity index is 2.10. The van der Waals surface area contributed by atoms with Crippen molar-refractivity contribution in [2.45, 2.75) is 0 Å². The highest BCUT2D eigenvalue weighted by Crippen LogP contribution is 2.32. The number of aromatic nitrogens is 1. The maximum absolute atomic E-state index is 5.83. The standard InChI is InChI=1S/C17H17N3O/c1-20(13-4-3-5-14(11-13)21-2)17-8-9-19-16-10-12(18)6-7-15(16)17/h3-11H,18H2,1-2H3. The number of benzene rings is 2. The monoisotopic (exact) mass is 279 g/mol. The van der Waals surface area contributed by atoms with Gasteiger partial charge in [0.2, 0.25) is 0 Å². The van der Waals surface area contributed by atoms with Crippen LogP contribution in [0.25, 0.3) is 10.9 Å². The van der Waals surface area contributed by atoms with Crippen molar-refractivity contribution in [3.05, 3.63) is 54.7 Å². The first-order chi connectivity index (χ1) is 10.2. The fourth-order valence-electron chi connectivity index (χ4n) is 2.40. The molecule has 4 nitrogen and oxygen atoms in total. The average molecular weight is 279 g/mol. The van der Waals surface area contributed by atoms with E-state index in [-0.39, 0.29) is 0 Å². The molecule has 21 heavy (non-hydrogen) atoms. The molecule has 0 fully saturated rings. The third-order valence-electron chi connectivity index (χ3n) is 3.55. The second-order valence-corrected chi connectivity index (χ2v) is 4.87. The van der Waals surface area contributed by atoms with Gasteiger partial charge in [-0.25, -0.2) is 0 Å². The molecule has 1 heterocycles. The van der Waals surface area contributed by atoms with Crippen molar-refractivity contribution in [1.29, 1.82) is 0 Å². The predicted molar refractivity (Wildman–Crippen MR) is 87.2 cm³/mol. The van der Waals surface area contributed by atoms with E-state index in [1.54, 1.807) is 13.3 Å². The van der Waals surface area contributed by atoms with E-state index in [0.717, 1.165) is 33.7 Å². The summed E-state index contributed by atoms with van der Waals surface area (Å²) in [4.78, 5) is 6.49. The minimum absolute atomic E-state index is 0.719. The van der Waals surface area contributed by atoms with E-state index in [4.69, 9.17) is 10.5 Å². The topological polar surface area (TPSA) is 51.4 Å². The highest BCUT2D eigenvalue weighted by molar-refractivity contribution is 5.94. The van der Waals surface area contributed by atoms with Crippen molar-refractivity contribution in [3.8, 4) is 5.75 Å². The number of rotatable bonds is 3. The van der Waals surface area contributed by atoms with Gasteiger partial charge in [-0.1, -0.05) is 6.07 Å². The maximum Gasteiger partial charge on any atom is 0.120 e. The SMILES string of the molecule is COc1cccc(N(C)c2ccnc3cc(N)ccc23)c1. The van der Waals surface area contributed by atoms with Gasteiger partial charge in [0.25, 0.3) is 0 Å². The van der Waals surface area contributed by atoms with Gasteiger partial charge in [-0.2, -0.15) is 0 Å². The molecule has 1 aromatic heterocycles. The van der Waals surface area contributed by atoms with E-state index in [2.05, 4.69) is 9.88 Å². The molecule has 0 saturated carbocycles. The molecule has 0 bridgehead atoms. The lowest BCUT2D eigenvalue weighted by atomic mass is 10.1. The first-order valence-electron chi connectivity index (χ1n) is 6.71. The molecule has 0 aliphatic heterocycles. The van der Waals surface area contributed by atoms with E-state index in [1.807, 2.05) is 55.6 Å². The molecule has 3 rings (SSSR count). The first-order valence-corrected chi connectivity index (χ1v) is 6.71. The molecular formula is C17H17N3O. The summed E-state index contributed by atoms with van der Waals surface area (Å²) in [5.41, 5.74) is 9.57. The number of fused-ring (bicyclic) bond motifs is 1. The van der Waals surface area contributed by atoms with Crippen LogP contribution in [0.5, 0.6) is 5.75 Å². The molecule has 0 aliphatic rings. The second-order valence-electron chi connectivity index (χ2n) is 4.87. The number of hydrogen-bond acceptors (Lipinski definition) is 4. The van der Waals surface area contributed by atoms with Crippen LogP contribution >= 0.6 is 0 Å². The number of nitrogens with two attached hydrogens (primary N) is 1. The van der Waals surface area contributed by atoms with Gasteiger partial charge in [-0.15, -0.1) is 0 Å². The third-order valence-corrected chi connectivity index (χ3v) is 3.55. The summed E-state index contributed by atoms with van der Waals surface area (Å²) >= 11 is 0. The van der Waals surface area contributed by atoms with Crippen LogP contribution in [0.4, 0.5) is 17.1 Å². The molecule has 0 unspecified atom stereocenters. The summed E-state index contributed by atoms with van der Waals surface area (Å²) < 4.78 is 5.29. The molecule has 2 aromatic carbocycles. The smallest absolute Gasteiger partial charge is 0.120 e. The van der Waals surface area contributed by atoms with Gasteiger partial charge in [0.05, 0.1) is 18.3 Å². The lowest BCUT2D eigenvalue weighted by Gasteiger charge is -2.21. The van der Waals surface area contributed by atoms with Crippen LogP contribution in [-0.2, 0) is 0 Å². The number of nitrogen functional groups attached to an aromatic ring is 1. The molecule has 0 atom stereocenters. The van der Waals surface area contributed by atoms with Gasteiger partial charge in [0.1, 0.15) is 5.75 Å². The highest BCUT2D eigenvalue weighted by atomic mass is 16.5. The Bertz CT molecular complexity index is 786. The summed E-state index contributed by atoms with van der Waals surface area (Å²) in [6, 6.07) is 15.7. The van der Waals surface area contributed by atoms with Crippen LogP contribution in [0.3, 0.4) is 0 Å². The summed E-state index contributed by atoms with van der Waals surface area (Å²) in [5, 5.41) is 1.07. The van der Waals surface area contributed by atoms with Crippen LogP contribution in [0, 0.1) is 0 Å². The fraction of sp³-hybridized carbons (Fsp3) is 0.118. The highest BCUT2D eigenvalue weighted by Gasteiger charge is 2.09. The van der Waals surface area contributed by atoms with Crippen molar-refractivity contribution < 1.29 is 4.74 Å². The van der Waals surface area contributed by atoms with Crippen LogP contribution in [0.2, 0.25) is 0 Å². The lowest BCUT2D eigenvalue weighted by Crippen LogP contribution is -2.10.